The average molecular weight is 394 g/mol. The Morgan fingerprint density at radius 1 is 0.931 bits per heavy atom. The molecule has 0 spiro atoms. The van der Waals surface area contributed by atoms with Crippen molar-refractivity contribution in [2.24, 2.45) is 0 Å². The lowest BCUT2D eigenvalue weighted by Crippen LogP contribution is -2.52. The van der Waals surface area contributed by atoms with E-state index in [9.17, 15) is 9.59 Å². The molecule has 0 unspecified atom stereocenters. The molecule has 1 aliphatic heterocycles. The third-order valence-electron chi connectivity index (χ3n) is 5.38. The van der Waals surface area contributed by atoms with Gasteiger partial charge in [-0.25, -0.2) is 0 Å². The lowest BCUT2D eigenvalue weighted by molar-refractivity contribution is -0.132. The van der Waals surface area contributed by atoms with Gasteiger partial charge < -0.3 is 9.80 Å². The summed E-state index contributed by atoms with van der Waals surface area (Å²) >= 11 is 0. The molecule has 0 saturated carbocycles. The van der Waals surface area contributed by atoms with Crippen molar-refractivity contribution < 1.29 is 9.59 Å². The monoisotopic (exact) mass is 393 g/mol. The van der Waals surface area contributed by atoms with Crippen LogP contribution in [0.1, 0.15) is 25.0 Å². The summed E-state index contributed by atoms with van der Waals surface area (Å²) in [7, 11) is 0. The summed E-state index contributed by atoms with van der Waals surface area (Å²) in [6.07, 6.45) is 0.439. The lowest BCUT2D eigenvalue weighted by atomic mass is 10.1. The number of nitrogens with zero attached hydrogens (tertiary/aromatic N) is 3. The van der Waals surface area contributed by atoms with Crippen LogP contribution in [-0.2, 0) is 16.0 Å². The van der Waals surface area contributed by atoms with Crippen molar-refractivity contribution in [3.8, 4) is 0 Å². The van der Waals surface area contributed by atoms with Gasteiger partial charge in [-0.3, -0.25) is 14.5 Å². The first-order valence-electron chi connectivity index (χ1n) is 10.4. The summed E-state index contributed by atoms with van der Waals surface area (Å²) < 4.78 is 0. The largest absolute Gasteiger partial charge is 0.340 e. The normalized spacial score (nSPS) is 14.8. The molecule has 0 aliphatic carbocycles. The van der Waals surface area contributed by atoms with Gasteiger partial charge >= 0.3 is 0 Å². The van der Waals surface area contributed by atoms with Gasteiger partial charge in [-0.15, -0.1) is 0 Å². The van der Waals surface area contributed by atoms with Crippen LogP contribution in [0.4, 0.5) is 5.69 Å². The Bertz CT molecular complexity index is 810. The predicted octanol–water partition coefficient (Wildman–Crippen LogP) is 3.12. The van der Waals surface area contributed by atoms with Gasteiger partial charge in [0.05, 0.1) is 13.0 Å². The van der Waals surface area contributed by atoms with Crippen LogP contribution < -0.4 is 4.90 Å². The van der Waals surface area contributed by atoms with Crippen LogP contribution in [0.3, 0.4) is 0 Å². The first-order valence-corrected chi connectivity index (χ1v) is 10.4. The van der Waals surface area contributed by atoms with E-state index >= 15 is 0 Å². The zero-order valence-corrected chi connectivity index (χ0v) is 17.7. The highest BCUT2D eigenvalue weighted by Gasteiger charge is 2.25. The van der Waals surface area contributed by atoms with Crippen molar-refractivity contribution >= 4 is 17.5 Å². The topological polar surface area (TPSA) is 43.9 Å². The highest BCUT2D eigenvalue weighted by Crippen LogP contribution is 2.17. The van der Waals surface area contributed by atoms with Gasteiger partial charge in [-0.1, -0.05) is 48.0 Å². The van der Waals surface area contributed by atoms with E-state index in [2.05, 4.69) is 4.90 Å². The van der Waals surface area contributed by atoms with E-state index in [4.69, 9.17) is 0 Å². The number of para-hydroxylation sites is 1. The fourth-order valence-electron chi connectivity index (χ4n) is 3.73. The number of anilines is 1. The molecule has 2 amide bonds. The van der Waals surface area contributed by atoms with E-state index in [-0.39, 0.29) is 17.9 Å². The molecule has 2 aromatic carbocycles. The van der Waals surface area contributed by atoms with Crippen LogP contribution in [0.2, 0.25) is 0 Å². The Morgan fingerprint density at radius 2 is 1.55 bits per heavy atom. The second kappa shape index (κ2) is 9.70. The SMILES string of the molecule is Cc1ccc(CC(=O)N2CCN(CC(=O)N(c3ccccc3)C(C)C)CC2)cc1. The van der Waals surface area contributed by atoms with Gasteiger partial charge in [-0.05, 0) is 38.5 Å². The minimum atomic E-state index is 0.0993. The Balaban J connectivity index is 1.51. The van der Waals surface area contributed by atoms with E-state index in [0.717, 1.165) is 24.3 Å². The number of amides is 2. The minimum Gasteiger partial charge on any atom is -0.340 e. The number of piperazine rings is 1. The summed E-state index contributed by atoms with van der Waals surface area (Å²) in [4.78, 5) is 31.5. The van der Waals surface area contributed by atoms with Gasteiger partial charge in [0, 0.05) is 37.9 Å². The Labute approximate surface area is 173 Å². The molecule has 0 bridgehead atoms. The highest BCUT2D eigenvalue weighted by molar-refractivity contribution is 5.95. The van der Waals surface area contributed by atoms with E-state index < -0.39 is 0 Å². The number of carbonyl (C=O) groups excluding carboxylic acids is 2. The average Bonchev–Trinajstić information content (AvgIpc) is 2.71. The van der Waals surface area contributed by atoms with Crippen molar-refractivity contribution in [1.82, 2.24) is 9.80 Å². The Hall–Kier alpha value is -2.66. The summed E-state index contributed by atoms with van der Waals surface area (Å²) in [5, 5.41) is 0. The molecular formula is C24H31N3O2. The second-order valence-corrected chi connectivity index (χ2v) is 8.01. The molecule has 29 heavy (non-hydrogen) atoms. The van der Waals surface area contributed by atoms with Crippen molar-refractivity contribution in [3.05, 3.63) is 65.7 Å². The van der Waals surface area contributed by atoms with Gasteiger partial charge in [0.2, 0.25) is 11.8 Å². The van der Waals surface area contributed by atoms with Gasteiger partial charge in [0.15, 0.2) is 0 Å². The van der Waals surface area contributed by atoms with Crippen molar-refractivity contribution in [2.45, 2.75) is 33.2 Å². The molecule has 1 fully saturated rings. The van der Waals surface area contributed by atoms with Crippen LogP contribution in [0.25, 0.3) is 0 Å². The third-order valence-corrected chi connectivity index (χ3v) is 5.38. The molecule has 5 nitrogen and oxygen atoms in total. The summed E-state index contributed by atoms with van der Waals surface area (Å²) in [6.45, 7) is 9.30. The standard InChI is InChI=1S/C24H31N3O2/c1-19(2)27(22-7-5-4-6-8-22)24(29)18-25-13-15-26(16-14-25)23(28)17-21-11-9-20(3)10-12-21/h4-12,19H,13-18H2,1-3H3. The van der Waals surface area contributed by atoms with Crippen molar-refractivity contribution in [3.63, 3.8) is 0 Å². The Morgan fingerprint density at radius 3 is 2.14 bits per heavy atom. The molecule has 1 saturated heterocycles. The number of hydrogen-bond donors (Lipinski definition) is 0. The number of rotatable bonds is 6. The lowest BCUT2D eigenvalue weighted by Gasteiger charge is -2.36. The number of carbonyl (C=O) groups is 2. The fourth-order valence-corrected chi connectivity index (χ4v) is 3.73. The first kappa shape index (κ1) is 21.1. The summed E-state index contributed by atoms with van der Waals surface area (Å²) in [5.74, 6) is 0.263. The molecule has 0 radical (unpaired) electrons. The molecule has 0 N–H and O–H groups in total. The molecule has 1 heterocycles. The number of hydrogen-bond acceptors (Lipinski definition) is 3. The fraction of sp³-hybridized carbons (Fsp3) is 0.417. The van der Waals surface area contributed by atoms with Crippen LogP contribution >= 0.6 is 0 Å². The third kappa shape index (κ3) is 5.67. The first-order chi connectivity index (χ1) is 13.9. The van der Waals surface area contributed by atoms with Crippen molar-refractivity contribution in [1.29, 1.82) is 0 Å². The van der Waals surface area contributed by atoms with E-state index in [1.54, 1.807) is 0 Å². The smallest absolute Gasteiger partial charge is 0.241 e. The van der Waals surface area contributed by atoms with E-state index in [1.165, 1.54) is 5.56 Å². The molecule has 0 aromatic heterocycles. The molecule has 1 aliphatic rings. The molecule has 2 aromatic rings. The zero-order chi connectivity index (χ0) is 20.8. The number of benzene rings is 2. The second-order valence-electron chi connectivity index (χ2n) is 8.01. The van der Waals surface area contributed by atoms with Crippen molar-refractivity contribution in [2.75, 3.05) is 37.6 Å². The number of aryl methyl sites for hydroxylation is 1. The van der Waals surface area contributed by atoms with Gasteiger partial charge in [0.25, 0.3) is 0 Å². The van der Waals surface area contributed by atoms with E-state index in [0.29, 0.717) is 26.1 Å². The zero-order valence-electron chi connectivity index (χ0n) is 17.7. The van der Waals surface area contributed by atoms with Gasteiger partial charge in [0.1, 0.15) is 0 Å². The molecule has 5 heteroatoms. The highest BCUT2D eigenvalue weighted by atomic mass is 16.2. The van der Waals surface area contributed by atoms with E-state index in [1.807, 2.05) is 85.2 Å². The van der Waals surface area contributed by atoms with Crippen LogP contribution in [0, 0.1) is 6.92 Å². The predicted molar refractivity (Wildman–Crippen MR) is 117 cm³/mol. The van der Waals surface area contributed by atoms with Crippen LogP contribution in [0.5, 0.6) is 0 Å². The summed E-state index contributed by atoms with van der Waals surface area (Å²) in [5.41, 5.74) is 3.18. The maximum atomic E-state index is 12.9. The minimum absolute atomic E-state index is 0.0993. The maximum absolute atomic E-state index is 12.9. The van der Waals surface area contributed by atoms with Crippen LogP contribution in [-0.4, -0.2) is 60.4 Å². The Kier molecular flexibility index (Phi) is 7.04. The van der Waals surface area contributed by atoms with Gasteiger partial charge in [-0.2, -0.15) is 0 Å². The molecular weight excluding hydrogens is 362 g/mol. The summed E-state index contributed by atoms with van der Waals surface area (Å²) in [6, 6.07) is 18.0. The molecule has 3 rings (SSSR count). The molecule has 0 atom stereocenters. The quantitative estimate of drug-likeness (QED) is 0.757. The van der Waals surface area contributed by atoms with Crippen LogP contribution in [0.15, 0.2) is 54.6 Å². The molecule has 154 valence electrons. The maximum Gasteiger partial charge on any atom is 0.241 e.